The first kappa shape index (κ1) is 23.2. The van der Waals surface area contributed by atoms with E-state index in [0.29, 0.717) is 31.7 Å². The van der Waals surface area contributed by atoms with E-state index in [-0.39, 0.29) is 12.0 Å². The van der Waals surface area contributed by atoms with E-state index < -0.39 is 23.5 Å². The summed E-state index contributed by atoms with van der Waals surface area (Å²) in [6, 6.07) is 26.8. The van der Waals surface area contributed by atoms with Crippen molar-refractivity contribution in [2.24, 2.45) is 5.73 Å². The molecule has 0 radical (unpaired) electrons. The third kappa shape index (κ3) is 4.01. The second-order valence-corrected chi connectivity index (χ2v) is 9.24. The van der Waals surface area contributed by atoms with Crippen LogP contribution in [0.2, 0.25) is 0 Å². The Hall–Kier alpha value is -3.52. The van der Waals surface area contributed by atoms with Gasteiger partial charge in [-0.25, -0.2) is 0 Å². The van der Waals surface area contributed by atoms with E-state index in [1.54, 1.807) is 0 Å². The van der Waals surface area contributed by atoms with Crippen LogP contribution in [0.3, 0.4) is 0 Å². The van der Waals surface area contributed by atoms with Gasteiger partial charge in [-0.3, -0.25) is 19.8 Å². The van der Waals surface area contributed by atoms with E-state index >= 15 is 0 Å². The Kier molecular flexibility index (Phi) is 6.38. The van der Waals surface area contributed by atoms with Crippen molar-refractivity contribution in [2.45, 2.75) is 23.5 Å². The third-order valence-electron chi connectivity index (χ3n) is 7.44. The molecule has 7 heteroatoms. The summed E-state index contributed by atoms with van der Waals surface area (Å²) in [6.07, 6.45) is 0. The fourth-order valence-electron chi connectivity index (χ4n) is 5.88. The number of benzene rings is 3. The van der Waals surface area contributed by atoms with Crippen molar-refractivity contribution in [3.05, 3.63) is 107 Å². The van der Waals surface area contributed by atoms with Crippen molar-refractivity contribution in [3.63, 3.8) is 0 Å². The number of amides is 1. The largest absolute Gasteiger partial charge is 0.480 e. The van der Waals surface area contributed by atoms with Crippen LogP contribution in [0.1, 0.15) is 40.3 Å². The van der Waals surface area contributed by atoms with Crippen molar-refractivity contribution in [1.29, 1.82) is 0 Å². The van der Waals surface area contributed by atoms with Crippen molar-refractivity contribution >= 4 is 11.9 Å². The molecule has 7 nitrogen and oxygen atoms in total. The molecule has 1 amide bonds. The first-order valence-electron chi connectivity index (χ1n) is 12.0. The summed E-state index contributed by atoms with van der Waals surface area (Å²) in [5.74, 6) is -1.69. The van der Waals surface area contributed by atoms with Crippen LogP contribution < -0.4 is 16.4 Å². The van der Waals surface area contributed by atoms with Gasteiger partial charge in [-0.15, -0.1) is 0 Å². The van der Waals surface area contributed by atoms with Crippen molar-refractivity contribution in [3.8, 4) is 0 Å². The molecular formula is C28H30N4O3. The lowest BCUT2D eigenvalue weighted by Gasteiger charge is -2.54. The van der Waals surface area contributed by atoms with Gasteiger partial charge in [-0.2, -0.15) is 0 Å². The van der Waals surface area contributed by atoms with Gasteiger partial charge in [0.1, 0.15) is 11.6 Å². The van der Waals surface area contributed by atoms with Crippen molar-refractivity contribution in [2.75, 3.05) is 26.2 Å². The molecule has 3 aromatic carbocycles. The van der Waals surface area contributed by atoms with E-state index in [0.717, 1.165) is 16.7 Å². The number of hydrogen-bond donors (Lipinski definition) is 4. The van der Waals surface area contributed by atoms with Crippen molar-refractivity contribution in [1.82, 2.24) is 15.5 Å². The molecule has 0 saturated carbocycles. The summed E-state index contributed by atoms with van der Waals surface area (Å²) in [5, 5.41) is 16.4. The fraction of sp³-hybridized carbons (Fsp3) is 0.286. The van der Waals surface area contributed by atoms with Gasteiger partial charge in [0.05, 0.1) is 6.04 Å². The number of carboxylic acid groups (broad SMARTS) is 1. The van der Waals surface area contributed by atoms with E-state index in [9.17, 15) is 14.7 Å². The lowest BCUT2D eigenvalue weighted by atomic mass is 9.70. The number of nitrogens with two attached hydrogens (primary N) is 1. The van der Waals surface area contributed by atoms with E-state index in [1.165, 1.54) is 0 Å². The average molecular weight is 471 g/mol. The average Bonchev–Trinajstić information content (AvgIpc) is 2.89. The maximum absolute atomic E-state index is 13.6. The normalized spacial score (nSPS) is 24.6. The van der Waals surface area contributed by atoms with Gasteiger partial charge in [0.2, 0.25) is 5.91 Å². The second-order valence-electron chi connectivity index (χ2n) is 9.24. The molecular weight excluding hydrogens is 440 g/mol. The zero-order valence-electron chi connectivity index (χ0n) is 19.4. The van der Waals surface area contributed by atoms with Gasteiger partial charge in [-0.05, 0) is 22.3 Å². The maximum Gasteiger partial charge on any atom is 0.325 e. The number of piperazine rings is 1. The number of rotatable bonds is 6. The van der Waals surface area contributed by atoms with E-state index in [4.69, 9.17) is 5.73 Å². The van der Waals surface area contributed by atoms with Gasteiger partial charge in [0.15, 0.2) is 0 Å². The summed E-state index contributed by atoms with van der Waals surface area (Å²) in [7, 11) is 0. The zero-order chi connectivity index (χ0) is 24.4. The van der Waals surface area contributed by atoms with Crippen LogP contribution in [0.5, 0.6) is 0 Å². The molecule has 2 aliphatic rings. The van der Waals surface area contributed by atoms with Gasteiger partial charge in [0, 0.05) is 32.1 Å². The molecule has 2 aliphatic heterocycles. The van der Waals surface area contributed by atoms with Crippen LogP contribution in [0.4, 0.5) is 0 Å². The quantitative estimate of drug-likeness (QED) is 0.441. The van der Waals surface area contributed by atoms with Crippen LogP contribution in [0.25, 0.3) is 0 Å². The minimum atomic E-state index is -1.08. The first-order valence-corrected chi connectivity index (χ1v) is 12.0. The predicted molar refractivity (Wildman–Crippen MR) is 134 cm³/mol. The van der Waals surface area contributed by atoms with Gasteiger partial charge in [0.25, 0.3) is 0 Å². The SMILES string of the molecule is NC(=O)C1(C2CNC(C(=O)O)c3ccccc32)CNCCN1C(c1ccccc1)c1ccccc1. The minimum Gasteiger partial charge on any atom is -0.480 e. The van der Waals surface area contributed by atoms with Crippen LogP contribution in [0, 0.1) is 0 Å². The lowest BCUT2D eigenvalue weighted by Crippen LogP contribution is -2.72. The predicted octanol–water partition coefficient (Wildman–Crippen LogP) is 2.42. The highest BCUT2D eigenvalue weighted by Gasteiger charge is 2.55. The summed E-state index contributed by atoms with van der Waals surface area (Å²) >= 11 is 0. The first-order chi connectivity index (χ1) is 17.0. The summed E-state index contributed by atoms with van der Waals surface area (Å²) < 4.78 is 0. The molecule has 1 saturated heterocycles. The number of carbonyl (C=O) groups is 2. The third-order valence-corrected chi connectivity index (χ3v) is 7.44. The second kappa shape index (κ2) is 9.62. The Balaban J connectivity index is 1.69. The summed E-state index contributed by atoms with van der Waals surface area (Å²) in [5.41, 5.74) is 8.91. The fourth-order valence-corrected chi connectivity index (χ4v) is 5.88. The minimum absolute atomic E-state index is 0.198. The highest BCUT2D eigenvalue weighted by Crippen LogP contribution is 2.45. The molecule has 0 bridgehead atoms. The molecule has 35 heavy (non-hydrogen) atoms. The lowest BCUT2D eigenvalue weighted by molar-refractivity contribution is -0.140. The monoisotopic (exact) mass is 470 g/mol. The molecule has 5 N–H and O–H groups in total. The van der Waals surface area contributed by atoms with Crippen LogP contribution >= 0.6 is 0 Å². The van der Waals surface area contributed by atoms with Crippen LogP contribution in [-0.2, 0) is 9.59 Å². The number of nitrogens with one attached hydrogen (secondary N) is 2. The Bertz CT molecular complexity index is 1160. The molecule has 2 heterocycles. The van der Waals surface area contributed by atoms with Crippen LogP contribution in [-0.4, -0.2) is 53.6 Å². The van der Waals surface area contributed by atoms with Crippen molar-refractivity contribution < 1.29 is 14.7 Å². The molecule has 0 aliphatic carbocycles. The topological polar surface area (TPSA) is 108 Å². The van der Waals surface area contributed by atoms with Gasteiger partial charge in [-0.1, -0.05) is 84.9 Å². The molecule has 1 fully saturated rings. The Labute approximate surface area is 205 Å². The standard InChI is InChI=1S/C28H30N4O3/c29-27(35)28(23-17-31-24(26(33)34)22-14-8-7-13-21(22)23)18-30-15-16-32(28)25(19-9-3-1-4-10-19)20-11-5-2-6-12-20/h1-14,23-25,30-31H,15-18H2,(H2,29,35)(H,33,34). The number of carboxylic acids is 1. The van der Waals surface area contributed by atoms with Gasteiger partial charge >= 0.3 is 5.97 Å². The molecule has 0 spiro atoms. The molecule has 3 unspecified atom stereocenters. The number of aliphatic carboxylic acids is 1. The molecule has 180 valence electrons. The Morgan fingerprint density at radius 3 is 2.06 bits per heavy atom. The van der Waals surface area contributed by atoms with Gasteiger partial charge < -0.3 is 16.2 Å². The Morgan fingerprint density at radius 2 is 1.49 bits per heavy atom. The summed E-state index contributed by atoms with van der Waals surface area (Å²) in [6.45, 7) is 2.02. The highest BCUT2D eigenvalue weighted by atomic mass is 16.4. The molecule has 3 aromatic rings. The molecule has 0 aromatic heterocycles. The van der Waals surface area contributed by atoms with E-state index in [2.05, 4.69) is 39.8 Å². The van der Waals surface area contributed by atoms with Crippen LogP contribution in [0.15, 0.2) is 84.9 Å². The summed E-state index contributed by atoms with van der Waals surface area (Å²) in [4.78, 5) is 27.8. The molecule has 5 rings (SSSR count). The number of nitrogens with zero attached hydrogens (tertiary/aromatic N) is 1. The number of hydrogen-bond acceptors (Lipinski definition) is 5. The zero-order valence-corrected chi connectivity index (χ0v) is 19.4. The number of carbonyl (C=O) groups excluding carboxylic acids is 1. The van der Waals surface area contributed by atoms with E-state index in [1.807, 2.05) is 60.7 Å². The smallest absolute Gasteiger partial charge is 0.325 e. The number of fused-ring (bicyclic) bond motifs is 1. The highest BCUT2D eigenvalue weighted by molar-refractivity contribution is 5.87. The number of primary amides is 1. The Morgan fingerprint density at radius 1 is 0.914 bits per heavy atom. The maximum atomic E-state index is 13.6. The molecule has 3 atom stereocenters.